The van der Waals surface area contributed by atoms with Crippen LogP contribution in [0.15, 0.2) is 54.0 Å². The normalized spacial score (nSPS) is 5.82. The zero-order chi connectivity index (χ0) is 8.36. The summed E-state index contributed by atoms with van der Waals surface area (Å²) in [5.41, 5.74) is 12.9. The van der Waals surface area contributed by atoms with Gasteiger partial charge in [-0.3, -0.25) is 0 Å². The molecule has 0 atom stereocenters. The van der Waals surface area contributed by atoms with Crippen LogP contribution >= 0.6 is 0 Å². The van der Waals surface area contributed by atoms with Gasteiger partial charge in [0.2, 0.25) is 0 Å². The lowest BCUT2D eigenvalue weighted by atomic mass is 10.3. The molecule has 0 rings (SSSR count). The monoisotopic (exact) mass is 142 g/mol. The fourth-order valence-electron chi connectivity index (χ4n) is 0.436. The Morgan fingerprint density at radius 2 is 1.91 bits per heavy atom. The Balaban J connectivity index is 4.11. The number of rotatable bonds is 3. The molecule has 0 radical (unpaired) electrons. The minimum absolute atomic E-state index is 0.940. The van der Waals surface area contributed by atoms with Crippen molar-refractivity contribution < 1.29 is 0 Å². The summed E-state index contributed by atoms with van der Waals surface area (Å²) in [7, 11) is 0. The maximum Gasteiger partial charge on any atom is -0.00138 e. The first kappa shape index (κ1) is 9.38. The van der Waals surface area contributed by atoms with E-state index in [-0.39, 0.29) is 0 Å². The van der Waals surface area contributed by atoms with Gasteiger partial charge in [-0.05, 0) is 42.7 Å². The van der Waals surface area contributed by atoms with E-state index in [1.54, 1.807) is 0 Å². The van der Waals surface area contributed by atoms with Crippen molar-refractivity contribution in [1.82, 2.24) is 0 Å². The van der Waals surface area contributed by atoms with Crippen molar-refractivity contribution in [3.05, 3.63) is 54.0 Å². The number of allylic oxidation sites excluding steroid dienone is 2. The van der Waals surface area contributed by atoms with Crippen LogP contribution in [0.4, 0.5) is 0 Å². The predicted octanol–water partition coefficient (Wildman–Crippen LogP) is 2.91. The van der Waals surface area contributed by atoms with Gasteiger partial charge in [0, 0.05) is 0 Å². The second-order valence-electron chi connectivity index (χ2n) is 1.77. The highest BCUT2D eigenvalue weighted by atomic mass is 13.7. The van der Waals surface area contributed by atoms with Crippen LogP contribution in [0.5, 0.6) is 0 Å². The van der Waals surface area contributed by atoms with Gasteiger partial charge in [-0.15, -0.1) is 6.58 Å². The second-order valence-corrected chi connectivity index (χ2v) is 1.77. The molecule has 0 aromatic carbocycles. The molecule has 0 heterocycles. The molecule has 0 bridgehead atoms. The third-order valence-electron chi connectivity index (χ3n) is 0.903. The lowest BCUT2D eigenvalue weighted by Crippen LogP contribution is -1.57. The molecule has 0 aromatic heterocycles. The Morgan fingerprint density at radius 3 is 2.55 bits per heavy atom. The Kier molecular flexibility index (Phi) is 7.15. The van der Waals surface area contributed by atoms with Crippen LogP contribution in [0.1, 0.15) is 12.8 Å². The van der Waals surface area contributed by atoms with E-state index in [1.165, 1.54) is 0 Å². The predicted molar refractivity (Wildman–Crippen MR) is 47.2 cm³/mol. The molecule has 0 aromatic rings. The standard InChI is InChI=1S/C11H10/c1-3-5-7-9-11-10-8-6-4-2/h3,9H,1-2,5,7H2. The molecule has 0 N–H and O–H groups in total. The number of hydrogen-bond donors (Lipinski definition) is 0. The lowest BCUT2D eigenvalue weighted by molar-refractivity contribution is 1.06. The van der Waals surface area contributed by atoms with Crippen molar-refractivity contribution in [3.8, 4) is 0 Å². The fraction of sp³-hybridized carbons (Fsp3) is 0.182. The van der Waals surface area contributed by atoms with Crippen LogP contribution in [0.3, 0.4) is 0 Å². The summed E-state index contributed by atoms with van der Waals surface area (Å²) in [5.74, 6) is 0. The molecule has 0 fully saturated rings. The quantitative estimate of drug-likeness (QED) is 0.323. The zero-order valence-electron chi connectivity index (χ0n) is 6.48. The summed E-state index contributed by atoms with van der Waals surface area (Å²) in [4.78, 5) is 0. The molecule has 11 heavy (non-hydrogen) atoms. The molecule has 0 nitrogen and oxygen atoms in total. The summed E-state index contributed by atoms with van der Waals surface area (Å²) in [6, 6.07) is 0. The van der Waals surface area contributed by atoms with E-state index in [2.05, 4.69) is 41.8 Å². The smallest absolute Gasteiger partial charge is 0.00138 e. The molecule has 54 valence electrons. The summed E-state index contributed by atoms with van der Waals surface area (Å²) in [5, 5.41) is 0. The van der Waals surface area contributed by atoms with Crippen LogP contribution in [0, 0.1) is 0 Å². The Hall–Kier alpha value is -1.62. The first-order chi connectivity index (χ1) is 5.41. The average Bonchev–Trinajstić information content (AvgIpc) is 2.03. The van der Waals surface area contributed by atoms with E-state index in [4.69, 9.17) is 0 Å². The van der Waals surface area contributed by atoms with Gasteiger partial charge in [-0.2, -0.15) is 0 Å². The Morgan fingerprint density at radius 1 is 1.09 bits per heavy atom. The van der Waals surface area contributed by atoms with Crippen LogP contribution in [0.2, 0.25) is 0 Å². The van der Waals surface area contributed by atoms with Crippen molar-refractivity contribution in [2.75, 3.05) is 0 Å². The van der Waals surface area contributed by atoms with Gasteiger partial charge >= 0.3 is 0 Å². The molecule has 0 heteroatoms. The molecule has 0 unspecified atom stereocenters. The minimum atomic E-state index is 0.940. The minimum Gasteiger partial charge on any atom is -0.103 e. The van der Waals surface area contributed by atoms with Gasteiger partial charge in [0.05, 0.1) is 0 Å². The molecule has 0 aliphatic heterocycles. The molecular weight excluding hydrogens is 132 g/mol. The topological polar surface area (TPSA) is 0 Å². The average molecular weight is 142 g/mol. The summed E-state index contributed by atoms with van der Waals surface area (Å²) >= 11 is 0. The van der Waals surface area contributed by atoms with Crippen molar-refractivity contribution in [3.63, 3.8) is 0 Å². The van der Waals surface area contributed by atoms with Gasteiger partial charge in [0.1, 0.15) is 0 Å². The molecule has 0 spiro atoms. The van der Waals surface area contributed by atoms with Crippen molar-refractivity contribution in [1.29, 1.82) is 0 Å². The molecule has 0 aliphatic carbocycles. The van der Waals surface area contributed by atoms with Gasteiger partial charge in [0.25, 0.3) is 0 Å². The second kappa shape index (κ2) is 8.38. The van der Waals surface area contributed by atoms with E-state index in [0.29, 0.717) is 0 Å². The van der Waals surface area contributed by atoms with E-state index >= 15 is 0 Å². The van der Waals surface area contributed by atoms with E-state index < -0.39 is 0 Å². The molecule has 0 amide bonds. The van der Waals surface area contributed by atoms with Crippen molar-refractivity contribution in [2.45, 2.75) is 12.8 Å². The molecule has 0 saturated carbocycles. The summed E-state index contributed by atoms with van der Waals surface area (Å²) < 4.78 is 0. The number of hydrogen-bond acceptors (Lipinski definition) is 0. The first-order valence-corrected chi connectivity index (χ1v) is 3.37. The highest BCUT2D eigenvalue weighted by molar-refractivity contribution is 4.88. The first-order valence-electron chi connectivity index (χ1n) is 3.37. The van der Waals surface area contributed by atoms with Gasteiger partial charge < -0.3 is 0 Å². The Bertz CT molecular complexity index is 289. The largest absolute Gasteiger partial charge is 0.103 e. The molecule has 0 aliphatic rings. The fourth-order valence-corrected chi connectivity index (χ4v) is 0.436. The summed E-state index contributed by atoms with van der Waals surface area (Å²) in [6.45, 7) is 6.91. The number of unbranched alkanes of at least 4 members (excludes halogenated alkanes) is 1. The SMILES string of the molecule is C=C=C=C=C=C=CCCC=C. The highest BCUT2D eigenvalue weighted by Gasteiger charge is 1.68. The van der Waals surface area contributed by atoms with Crippen LogP contribution in [0.25, 0.3) is 0 Å². The van der Waals surface area contributed by atoms with Gasteiger partial charge in [-0.1, -0.05) is 17.5 Å². The third-order valence-corrected chi connectivity index (χ3v) is 0.903. The summed E-state index contributed by atoms with van der Waals surface area (Å²) in [6.07, 6.45) is 5.65. The zero-order valence-corrected chi connectivity index (χ0v) is 6.48. The van der Waals surface area contributed by atoms with Crippen molar-refractivity contribution >= 4 is 0 Å². The van der Waals surface area contributed by atoms with Gasteiger partial charge in [0.15, 0.2) is 0 Å². The molecule has 0 saturated heterocycles. The van der Waals surface area contributed by atoms with Gasteiger partial charge in [-0.25, -0.2) is 0 Å². The van der Waals surface area contributed by atoms with Crippen LogP contribution in [-0.2, 0) is 0 Å². The maximum absolute atomic E-state index is 3.59. The van der Waals surface area contributed by atoms with E-state index in [1.807, 2.05) is 12.2 Å². The lowest BCUT2D eigenvalue weighted by Gasteiger charge is -1.76. The maximum atomic E-state index is 3.59. The van der Waals surface area contributed by atoms with Crippen LogP contribution in [-0.4, -0.2) is 0 Å². The molecular formula is C11H10. The van der Waals surface area contributed by atoms with E-state index in [0.717, 1.165) is 12.8 Å². The Labute approximate surface area is 67.6 Å². The van der Waals surface area contributed by atoms with Crippen LogP contribution < -0.4 is 0 Å². The van der Waals surface area contributed by atoms with E-state index in [9.17, 15) is 0 Å². The third kappa shape index (κ3) is 8.38. The van der Waals surface area contributed by atoms with Crippen molar-refractivity contribution in [2.24, 2.45) is 0 Å². The highest BCUT2D eigenvalue weighted by Crippen LogP contribution is 1.87.